The predicted molar refractivity (Wildman–Crippen MR) is 90.7 cm³/mol. The molecular weight excluding hydrogens is 325 g/mol. The van der Waals surface area contributed by atoms with Crippen LogP contribution < -0.4 is 10.1 Å². The van der Waals surface area contributed by atoms with Gasteiger partial charge in [0, 0.05) is 6.42 Å². The zero-order valence-corrected chi connectivity index (χ0v) is 14.1. The highest BCUT2D eigenvalue weighted by Crippen LogP contribution is 2.13. The second kappa shape index (κ2) is 8.82. The van der Waals surface area contributed by atoms with Crippen molar-refractivity contribution < 1.29 is 23.5 Å². The van der Waals surface area contributed by atoms with E-state index in [2.05, 4.69) is 5.32 Å². The van der Waals surface area contributed by atoms with Crippen molar-refractivity contribution in [3.8, 4) is 5.75 Å². The van der Waals surface area contributed by atoms with Gasteiger partial charge in [0.25, 0.3) is 0 Å². The molecule has 132 valence electrons. The minimum absolute atomic E-state index is 0.0200. The molecule has 0 unspecified atom stereocenters. The largest absolute Gasteiger partial charge is 0.497 e. The Bertz CT molecular complexity index is 730. The van der Waals surface area contributed by atoms with E-state index in [9.17, 15) is 14.0 Å². The Morgan fingerprint density at radius 1 is 1.08 bits per heavy atom. The molecule has 1 amide bonds. The zero-order chi connectivity index (χ0) is 18.2. The molecule has 0 spiro atoms. The van der Waals surface area contributed by atoms with Gasteiger partial charge >= 0.3 is 5.97 Å². The van der Waals surface area contributed by atoms with Gasteiger partial charge in [0.15, 0.2) is 0 Å². The van der Waals surface area contributed by atoms with Crippen molar-refractivity contribution in [2.75, 3.05) is 14.2 Å². The molecule has 0 bridgehead atoms. The molecule has 0 aromatic heterocycles. The van der Waals surface area contributed by atoms with Gasteiger partial charge in [-0.25, -0.2) is 9.18 Å². The third-order valence-corrected chi connectivity index (χ3v) is 3.67. The average molecular weight is 345 g/mol. The van der Waals surface area contributed by atoms with Gasteiger partial charge in [-0.1, -0.05) is 24.3 Å². The minimum Gasteiger partial charge on any atom is -0.497 e. The van der Waals surface area contributed by atoms with Gasteiger partial charge in [-0.05, 0) is 35.4 Å². The molecule has 2 aromatic carbocycles. The molecule has 1 N–H and O–H groups in total. The lowest BCUT2D eigenvalue weighted by atomic mass is 10.0. The predicted octanol–water partition coefficient (Wildman–Crippen LogP) is 2.28. The number of esters is 1. The molecule has 1 atom stereocenters. The first-order valence-electron chi connectivity index (χ1n) is 7.76. The van der Waals surface area contributed by atoms with Crippen LogP contribution in [0.25, 0.3) is 0 Å². The first-order chi connectivity index (χ1) is 12.0. The molecule has 2 rings (SSSR count). The number of benzene rings is 2. The molecule has 5 nitrogen and oxygen atoms in total. The highest BCUT2D eigenvalue weighted by molar-refractivity contribution is 5.85. The Morgan fingerprint density at radius 3 is 2.40 bits per heavy atom. The van der Waals surface area contributed by atoms with Crippen LogP contribution in [0, 0.1) is 5.82 Å². The maximum absolute atomic E-state index is 13.2. The number of ether oxygens (including phenoxy) is 2. The van der Waals surface area contributed by atoms with E-state index in [0.717, 1.165) is 5.56 Å². The Hall–Kier alpha value is -2.89. The summed E-state index contributed by atoms with van der Waals surface area (Å²) in [7, 11) is 2.83. The molecule has 0 aliphatic carbocycles. The summed E-state index contributed by atoms with van der Waals surface area (Å²) in [4.78, 5) is 24.1. The van der Waals surface area contributed by atoms with Gasteiger partial charge in [-0.15, -0.1) is 0 Å². The number of methoxy groups -OCH3 is 2. The van der Waals surface area contributed by atoms with Gasteiger partial charge in [0.05, 0.1) is 20.6 Å². The first-order valence-corrected chi connectivity index (χ1v) is 7.76. The molecule has 0 fully saturated rings. The lowest BCUT2D eigenvalue weighted by Crippen LogP contribution is -2.43. The molecule has 0 aliphatic heterocycles. The molecule has 0 radical (unpaired) electrons. The fourth-order valence-corrected chi connectivity index (χ4v) is 2.41. The summed E-state index contributed by atoms with van der Waals surface area (Å²) in [5, 5.41) is 2.65. The number of nitrogens with one attached hydrogen (secondary N) is 1. The summed E-state index contributed by atoms with van der Waals surface area (Å²) in [5.74, 6) is -0.625. The number of carbonyl (C=O) groups is 2. The van der Waals surface area contributed by atoms with Crippen LogP contribution in [0.5, 0.6) is 5.75 Å². The summed E-state index contributed by atoms with van der Waals surface area (Å²) >= 11 is 0. The number of rotatable bonds is 7. The van der Waals surface area contributed by atoms with E-state index in [-0.39, 0.29) is 18.7 Å². The van der Waals surface area contributed by atoms with Crippen LogP contribution in [-0.4, -0.2) is 32.1 Å². The van der Waals surface area contributed by atoms with E-state index in [1.165, 1.54) is 25.3 Å². The van der Waals surface area contributed by atoms with Gasteiger partial charge in [0.2, 0.25) is 5.91 Å². The molecule has 0 saturated carbocycles. The van der Waals surface area contributed by atoms with Gasteiger partial charge in [0.1, 0.15) is 17.6 Å². The van der Waals surface area contributed by atoms with Crippen LogP contribution in [0.1, 0.15) is 11.1 Å². The second-order valence-electron chi connectivity index (χ2n) is 5.50. The van der Waals surface area contributed by atoms with Crippen molar-refractivity contribution in [1.29, 1.82) is 0 Å². The number of amides is 1. The Labute approximate surface area is 145 Å². The van der Waals surface area contributed by atoms with Crippen molar-refractivity contribution >= 4 is 11.9 Å². The summed E-state index contributed by atoms with van der Waals surface area (Å²) in [5.41, 5.74) is 1.38. The van der Waals surface area contributed by atoms with E-state index in [1.54, 1.807) is 25.3 Å². The third kappa shape index (κ3) is 5.60. The summed E-state index contributed by atoms with van der Waals surface area (Å²) in [6, 6.07) is 12.1. The molecule has 0 saturated heterocycles. The number of carbonyl (C=O) groups excluding carboxylic acids is 2. The second-order valence-corrected chi connectivity index (χ2v) is 5.50. The Morgan fingerprint density at radius 2 is 1.80 bits per heavy atom. The average Bonchev–Trinajstić information content (AvgIpc) is 2.61. The van der Waals surface area contributed by atoms with Crippen molar-refractivity contribution in [2.24, 2.45) is 0 Å². The van der Waals surface area contributed by atoms with Crippen molar-refractivity contribution in [3.63, 3.8) is 0 Å². The molecule has 25 heavy (non-hydrogen) atoms. The Balaban J connectivity index is 2.03. The highest BCUT2D eigenvalue weighted by atomic mass is 19.1. The van der Waals surface area contributed by atoms with Crippen LogP contribution in [0.2, 0.25) is 0 Å². The number of hydrogen-bond acceptors (Lipinski definition) is 4. The minimum atomic E-state index is -0.820. The smallest absolute Gasteiger partial charge is 0.328 e. The topological polar surface area (TPSA) is 64.6 Å². The molecule has 0 heterocycles. The van der Waals surface area contributed by atoms with Crippen molar-refractivity contribution in [2.45, 2.75) is 18.9 Å². The maximum atomic E-state index is 13.2. The number of halogens is 1. The molecular formula is C19H20FNO4. The fourth-order valence-electron chi connectivity index (χ4n) is 2.41. The molecule has 2 aromatic rings. The number of hydrogen-bond donors (Lipinski definition) is 1. The molecule has 0 aliphatic rings. The normalized spacial score (nSPS) is 11.5. The highest BCUT2D eigenvalue weighted by Gasteiger charge is 2.22. The maximum Gasteiger partial charge on any atom is 0.328 e. The Kier molecular flexibility index (Phi) is 6.51. The monoisotopic (exact) mass is 345 g/mol. The van der Waals surface area contributed by atoms with Crippen LogP contribution >= 0.6 is 0 Å². The van der Waals surface area contributed by atoms with Gasteiger partial charge in [-0.2, -0.15) is 0 Å². The SMILES string of the molecule is COC(=O)[C@@H](Cc1ccc(OC)cc1)NC(=O)Cc1cccc(F)c1. The van der Waals surface area contributed by atoms with Gasteiger partial charge in [-0.3, -0.25) is 4.79 Å². The van der Waals surface area contributed by atoms with E-state index < -0.39 is 17.8 Å². The van der Waals surface area contributed by atoms with Crippen molar-refractivity contribution in [3.05, 3.63) is 65.5 Å². The summed E-state index contributed by atoms with van der Waals surface area (Å²) in [6.07, 6.45) is 0.263. The van der Waals surface area contributed by atoms with Crippen LogP contribution in [0.4, 0.5) is 4.39 Å². The fraction of sp³-hybridized carbons (Fsp3) is 0.263. The van der Waals surface area contributed by atoms with Crippen LogP contribution in [0.3, 0.4) is 0 Å². The quantitative estimate of drug-likeness (QED) is 0.782. The lowest BCUT2D eigenvalue weighted by Gasteiger charge is -2.17. The third-order valence-electron chi connectivity index (χ3n) is 3.67. The summed E-state index contributed by atoms with van der Waals surface area (Å²) < 4.78 is 23.0. The van der Waals surface area contributed by atoms with Crippen LogP contribution in [-0.2, 0) is 27.2 Å². The van der Waals surface area contributed by atoms with E-state index >= 15 is 0 Å². The van der Waals surface area contributed by atoms with Crippen molar-refractivity contribution in [1.82, 2.24) is 5.32 Å². The molecule has 6 heteroatoms. The lowest BCUT2D eigenvalue weighted by molar-refractivity contribution is -0.145. The standard InChI is InChI=1S/C19H20FNO4/c1-24-16-8-6-13(7-9-16)11-17(19(23)25-2)21-18(22)12-14-4-3-5-15(20)10-14/h3-10,17H,11-12H2,1-2H3,(H,21,22)/t17-/m1/s1. The van der Waals surface area contributed by atoms with E-state index in [4.69, 9.17) is 9.47 Å². The van der Waals surface area contributed by atoms with Gasteiger partial charge < -0.3 is 14.8 Å². The summed E-state index contributed by atoms with van der Waals surface area (Å²) in [6.45, 7) is 0. The van der Waals surface area contributed by atoms with Crippen LogP contribution in [0.15, 0.2) is 48.5 Å². The van der Waals surface area contributed by atoms with E-state index in [0.29, 0.717) is 11.3 Å². The zero-order valence-electron chi connectivity index (χ0n) is 14.1. The van der Waals surface area contributed by atoms with E-state index in [1.807, 2.05) is 12.1 Å². The first kappa shape index (κ1) is 18.4.